The number of amides is 1. The van der Waals surface area contributed by atoms with Crippen molar-refractivity contribution in [2.45, 2.75) is 39.4 Å². The molecule has 1 amide bonds. The summed E-state index contributed by atoms with van der Waals surface area (Å²) in [5, 5.41) is 4.19. The fourth-order valence-corrected chi connectivity index (χ4v) is 3.39. The van der Waals surface area contributed by atoms with Gasteiger partial charge in [0.05, 0.1) is 11.1 Å². The standard InChI is InChI=1S/C22H21ClN2O3/c1-13-12-15-6-5-11-24-19(15)18(14-7-9-16(23)10-8-14)17(13)20(21(26)25-27)28-22(2,3)4/h5-12,20H,1-4H3. The van der Waals surface area contributed by atoms with Crippen LogP contribution < -0.4 is 0 Å². The SMILES string of the molecule is Cc1cc2cccnc2c(-c2ccc(Cl)cc2)c1C(OC(C)(C)C)C(=O)N=O. The molecule has 0 bridgehead atoms. The molecule has 0 saturated carbocycles. The number of pyridine rings is 1. The summed E-state index contributed by atoms with van der Waals surface area (Å²) in [6.07, 6.45) is 0.565. The first-order chi connectivity index (χ1) is 13.2. The van der Waals surface area contributed by atoms with E-state index in [2.05, 4.69) is 10.2 Å². The van der Waals surface area contributed by atoms with Gasteiger partial charge in [-0.15, -0.1) is 4.91 Å². The predicted molar refractivity (Wildman–Crippen MR) is 111 cm³/mol. The van der Waals surface area contributed by atoms with Crippen LogP contribution in [0.4, 0.5) is 0 Å². The van der Waals surface area contributed by atoms with Gasteiger partial charge in [0.15, 0.2) is 6.10 Å². The molecule has 144 valence electrons. The van der Waals surface area contributed by atoms with Crippen LogP contribution >= 0.6 is 11.6 Å². The van der Waals surface area contributed by atoms with Crippen molar-refractivity contribution in [3.8, 4) is 11.1 Å². The molecule has 0 N–H and O–H groups in total. The second kappa shape index (κ2) is 7.78. The zero-order valence-electron chi connectivity index (χ0n) is 16.2. The lowest BCUT2D eigenvalue weighted by Crippen LogP contribution is -2.27. The molecule has 1 aromatic heterocycles. The maximum absolute atomic E-state index is 12.5. The molecule has 28 heavy (non-hydrogen) atoms. The van der Waals surface area contributed by atoms with E-state index >= 15 is 0 Å². The first kappa shape index (κ1) is 20.1. The Morgan fingerprint density at radius 2 is 1.86 bits per heavy atom. The number of fused-ring (bicyclic) bond motifs is 1. The monoisotopic (exact) mass is 396 g/mol. The van der Waals surface area contributed by atoms with Crippen molar-refractivity contribution in [3.63, 3.8) is 0 Å². The van der Waals surface area contributed by atoms with E-state index in [1.165, 1.54) is 0 Å². The molecule has 1 unspecified atom stereocenters. The van der Waals surface area contributed by atoms with E-state index < -0.39 is 17.6 Å². The number of rotatable bonds is 4. The maximum Gasteiger partial charge on any atom is 0.319 e. The third-order valence-corrected chi connectivity index (χ3v) is 4.57. The third kappa shape index (κ3) is 4.11. The highest BCUT2D eigenvalue weighted by Gasteiger charge is 2.32. The molecule has 5 nitrogen and oxygen atoms in total. The van der Waals surface area contributed by atoms with Crippen molar-refractivity contribution < 1.29 is 9.53 Å². The number of nitroso groups, excluding NO2 is 1. The number of hydrogen-bond donors (Lipinski definition) is 0. The lowest BCUT2D eigenvalue weighted by molar-refractivity contribution is -0.139. The number of carbonyl (C=O) groups excluding carboxylic acids is 1. The van der Waals surface area contributed by atoms with Crippen LogP contribution in [0.15, 0.2) is 53.8 Å². The van der Waals surface area contributed by atoms with Crippen molar-refractivity contribution >= 4 is 28.4 Å². The molecule has 0 aliphatic carbocycles. The second-order valence-corrected chi connectivity index (χ2v) is 8.04. The molecule has 0 fully saturated rings. The molecule has 0 aliphatic rings. The fourth-order valence-electron chi connectivity index (χ4n) is 3.26. The molecule has 3 aromatic rings. The topological polar surface area (TPSA) is 68.6 Å². The summed E-state index contributed by atoms with van der Waals surface area (Å²) in [6.45, 7) is 7.37. The summed E-state index contributed by atoms with van der Waals surface area (Å²) >= 11 is 6.06. The molecule has 0 saturated heterocycles. The van der Waals surface area contributed by atoms with Crippen LogP contribution in [0.1, 0.15) is 38.0 Å². The average Bonchev–Trinajstić information content (AvgIpc) is 2.65. The number of benzene rings is 2. The van der Waals surface area contributed by atoms with Gasteiger partial charge in [-0.05, 0) is 63.1 Å². The van der Waals surface area contributed by atoms with E-state index in [0.29, 0.717) is 16.1 Å². The number of aromatic nitrogens is 1. The number of nitrogens with zero attached hydrogens (tertiary/aromatic N) is 2. The minimum absolute atomic E-state index is 0.591. The average molecular weight is 397 g/mol. The van der Waals surface area contributed by atoms with E-state index in [4.69, 9.17) is 16.3 Å². The lowest BCUT2D eigenvalue weighted by Gasteiger charge is -2.28. The number of carbonyl (C=O) groups is 1. The number of aryl methyl sites for hydroxylation is 1. The molecular weight excluding hydrogens is 376 g/mol. The van der Waals surface area contributed by atoms with Crippen LogP contribution in [-0.4, -0.2) is 16.5 Å². The predicted octanol–water partition coefficient (Wildman–Crippen LogP) is 6.01. The van der Waals surface area contributed by atoms with Gasteiger partial charge in [-0.3, -0.25) is 9.78 Å². The van der Waals surface area contributed by atoms with Gasteiger partial charge >= 0.3 is 5.91 Å². The molecule has 2 aromatic carbocycles. The maximum atomic E-state index is 12.5. The van der Waals surface area contributed by atoms with Gasteiger partial charge in [-0.2, -0.15) is 0 Å². The van der Waals surface area contributed by atoms with Crippen molar-refractivity contribution in [2.75, 3.05) is 0 Å². The van der Waals surface area contributed by atoms with Crippen LogP contribution in [0.5, 0.6) is 0 Å². The first-order valence-electron chi connectivity index (χ1n) is 8.90. The van der Waals surface area contributed by atoms with Crippen molar-refractivity contribution in [1.29, 1.82) is 0 Å². The Labute approximate surface area is 168 Å². The van der Waals surface area contributed by atoms with Gasteiger partial charge < -0.3 is 4.74 Å². The molecule has 0 aliphatic heterocycles. The first-order valence-corrected chi connectivity index (χ1v) is 9.28. The fraction of sp³-hybridized carbons (Fsp3) is 0.273. The molecule has 3 rings (SSSR count). The highest BCUT2D eigenvalue weighted by Crippen LogP contribution is 2.40. The van der Waals surface area contributed by atoms with E-state index in [1.54, 1.807) is 18.3 Å². The van der Waals surface area contributed by atoms with Crippen LogP contribution in [0.2, 0.25) is 5.02 Å². The zero-order chi connectivity index (χ0) is 20.5. The van der Waals surface area contributed by atoms with Gasteiger partial charge in [0, 0.05) is 32.9 Å². The van der Waals surface area contributed by atoms with E-state index in [-0.39, 0.29) is 0 Å². The minimum Gasteiger partial charge on any atom is -0.358 e. The Hall–Kier alpha value is -2.63. The van der Waals surface area contributed by atoms with Gasteiger partial charge in [-0.25, -0.2) is 0 Å². The Balaban J connectivity index is 2.38. The normalized spacial score (nSPS) is 12.8. The van der Waals surface area contributed by atoms with Crippen molar-refractivity contribution in [1.82, 2.24) is 4.98 Å². The van der Waals surface area contributed by atoms with E-state index in [0.717, 1.165) is 22.1 Å². The molecule has 1 heterocycles. The Kier molecular flexibility index (Phi) is 5.59. The minimum atomic E-state index is -1.13. The highest BCUT2D eigenvalue weighted by molar-refractivity contribution is 6.30. The molecular formula is C22H21ClN2O3. The van der Waals surface area contributed by atoms with Gasteiger partial charge in [0.25, 0.3) is 0 Å². The van der Waals surface area contributed by atoms with Crippen LogP contribution in [0.25, 0.3) is 22.0 Å². The van der Waals surface area contributed by atoms with Crippen LogP contribution in [0.3, 0.4) is 0 Å². The lowest BCUT2D eigenvalue weighted by atomic mass is 9.89. The quantitative estimate of drug-likeness (QED) is 0.506. The van der Waals surface area contributed by atoms with Gasteiger partial charge in [0.2, 0.25) is 0 Å². The number of hydrogen-bond acceptors (Lipinski definition) is 4. The smallest absolute Gasteiger partial charge is 0.319 e. The van der Waals surface area contributed by atoms with E-state index in [1.807, 2.05) is 58.0 Å². The molecule has 1 atom stereocenters. The molecule has 6 heteroatoms. The van der Waals surface area contributed by atoms with Crippen LogP contribution in [0, 0.1) is 11.8 Å². The van der Waals surface area contributed by atoms with Gasteiger partial charge in [0.1, 0.15) is 0 Å². The summed E-state index contributed by atoms with van der Waals surface area (Å²) in [7, 11) is 0. The number of halogens is 1. The molecule has 0 radical (unpaired) electrons. The summed E-state index contributed by atoms with van der Waals surface area (Å²) in [6, 6.07) is 13.0. The second-order valence-electron chi connectivity index (χ2n) is 7.60. The molecule has 0 spiro atoms. The van der Waals surface area contributed by atoms with Gasteiger partial charge in [-0.1, -0.05) is 29.8 Å². The number of ether oxygens (including phenoxy) is 1. The highest BCUT2D eigenvalue weighted by atomic mass is 35.5. The summed E-state index contributed by atoms with van der Waals surface area (Å²) in [5.74, 6) is -0.872. The Bertz CT molecular complexity index is 1040. The zero-order valence-corrected chi connectivity index (χ0v) is 16.9. The summed E-state index contributed by atoms with van der Waals surface area (Å²) in [5.41, 5.74) is 3.02. The summed E-state index contributed by atoms with van der Waals surface area (Å²) in [4.78, 5) is 28.2. The Morgan fingerprint density at radius 1 is 1.18 bits per heavy atom. The Morgan fingerprint density at radius 3 is 2.46 bits per heavy atom. The third-order valence-electron chi connectivity index (χ3n) is 4.32. The van der Waals surface area contributed by atoms with Crippen molar-refractivity contribution in [2.24, 2.45) is 5.18 Å². The van der Waals surface area contributed by atoms with Crippen molar-refractivity contribution in [3.05, 3.63) is 69.7 Å². The summed E-state index contributed by atoms with van der Waals surface area (Å²) < 4.78 is 6.00. The van der Waals surface area contributed by atoms with Crippen LogP contribution in [-0.2, 0) is 9.53 Å². The van der Waals surface area contributed by atoms with E-state index in [9.17, 15) is 9.70 Å². The largest absolute Gasteiger partial charge is 0.358 e.